The first-order valence-corrected chi connectivity index (χ1v) is 7.28. The molecule has 0 aliphatic carbocycles. The minimum atomic E-state index is -0.491. The molecule has 0 bridgehead atoms. The maximum atomic E-state index is 14.0. The van der Waals surface area contributed by atoms with Crippen molar-refractivity contribution in [3.05, 3.63) is 65.5 Å². The third-order valence-corrected chi connectivity index (χ3v) is 3.43. The molecule has 112 valence electrons. The predicted molar refractivity (Wildman–Crippen MR) is 80.0 cm³/mol. The molecule has 2 nitrogen and oxygen atoms in total. The van der Waals surface area contributed by atoms with E-state index in [0.29, 0.717) is 6.42 Å². The van der Waals surface area contributed by atoms with Gasteiger partial charge < -0.3 is 5.32 Å². The van der Waals surface area contributed by atoms with Gasteiger partial charge in [0.25, 0.3) is 0 Å². The van der Waals surface area contributed by atoms with Gasteiger partial charge in [-0.1, -0.05) is 19.1 Å². The summed E-state index contributed by atoms with van der Waals surface area (Å²) in [5.41, 5.74) is 1.20. The molecule has 0 radical (unpaired) electrons. The van der Waals surface area contributed by atoms with E-state index in [9.17, 15) is 8.78 Å². The Hall–Kier alpha value is -1.81. The smallest absolute Gasteiger partial charge is 0.130 e. The number of benzene rings is 1. The quantitative estimate of drug-likeness (QED) is 0.832. The molecule has 2 rings (SSSR count). The lowest BCUT2D eigenvalue weighted by atomic mass is 9.98. The first kappa shape index (κ1) is 15.6. The standard InChI is InChI=1S/C17H20F2N2/c1-2-10-21-16(9-8-13-5-4-11-20-12-13)17-14(18)6-3-7-15(17)19/h3-7,11-12,16,21H,2,8-10H2,1H3. The highest BCUT2D eigenvalue weighted by Crippen LogP contribution is 2.24. The molecule has 0 saturated heterocycles. The number of nitrogens with one attached hydrogen (secondary N) is 1. The molecule has 1 N–H and O–H groups in total. The van der Waals surface area contributed by atoms with Crippen LogP contribution in [0.3, 0.4) is 0 Å². The predicted octanol–water partition coefficient (Wildman–Crippen LogP) is 4.03. The van der Waals surface area contributed by atoms with Gasteiger partial charge in [0.05, 0.1) is 0 Å². The number of halogens is 2. The molecule has 0 amide bonds. The highest BCUT2D eigenvalue weighted by Gasteiger charge is 2.19. The minimum Gasteiger partial charge on any atom is -0.310 e. The maximum absolute atomic E-state index is 14.0. The average molecular weight is 290 g/mol. The van der Waals surface area contributed by atoms with Gasteiger partial charge >= 0.3 is 0 Å². The molecule has 1 aromatic heterocycles. The molecular weight excluding hydrogens is 270 g/mol. The molecule has 0 aliphatic rings. The lowest BCUT2D eigenvalue weighted by Crippen LogP contribution is -2.24. The highest BCUT2D eigenvalue weighted by molar-refractivity contribution is 5.24. The van der Waals surface area contributed by atoms with Crippen molar-refractivity contribution in [1.29, 1.82) is 0 Å². The summed E-state index contributed by atoms with van der Waals surface area (Å²) in [7, 11) is 0. The van der Waals surface area contributed by atoms with Crippen LogP contribution in [-0.4, -0.2) is 11.5 Å². The second kappa shape index (κ2) is 7.84. The van der Waals surface area contributed by atoms with E-state index < -0.39 is 11.6 Å². The number of aryl methyl sites for hydroxylation is 1. The second-order valence-corrected chi connectivity index (χ2v) is 5.04. The van der Waals surface area contributed by atoms with E-state index in [1.807, 2.05) is 19.1 Å². The molecule has 4 heteroatoms. The molecule has 1 atom stereocenters. The fourth-order valence-electron chi connectivity index (χ4n) is 2.37. The number of hydrogen-bond acceptors (Lipinski definition) is 2. The zero-order valence-electron chi connectivity index (χ0n) is 12.2. The van der Waals surface area contributed by atoms with Crippen LogP contribution in [0.5, 0.6) is 0 Å². The third-order valence-electron chi connectivity index (χ3n) is 3.43. The number of nitrogens with zero attached hydrogens (tertiary/aromatic N) is 1. The van der Waals surface area contributed by atoms with Crippen molar-refractivity contribution in [1.82, 2.24) is 10.3 Å². The Balaban J connectivity index is 2.14. The summed E-state index contributed by atoms with van der Waals surface area (Å²) in [6.45, 7) is 2.76. The van der Waals surface area contributed by atoms with Gasteiger partial charge in [-0.15, -0.1) is 0 Å². The van der Waals surface area contributed by atoms with Gasteiger partial charge in [-0.3, -0.25) is 4.98 Å². The molecule has 0 saturated carbocycles. The summed E-state index contributed by atoms with van der Waals surface area (Å²) in [6.07, 6.45) is 5.77. The SMILES string of the molecule is CCCNC(CCc1cccnc1)c1c(F)cccc1F. The number of aromatic nitrogens is 1. The van der Waals surface area contributed by atoms with Gasteiger partial charge in [0.1, 0.15) is 11.6 Å². The summed E-state index contributed by atoms with van der Waals surface area (Å²) in [5.74, 6) is -0.982. The Kier molecular flexibility index (Phi) is 5.81. The van der Waals surface area contributed by atoms with E-state index in [0.717, 1.165) is 24.9 Å². The van der Waals surface area contributed by atoms with Gasteiger partial charge in [-0.25, -0.2) is 8.78 Å². The van der Waals surface area contributed by atoms with Gasteiger partial charge in [0.15, 0.2) is 0 Å². The molecule has 0 fully saturated rings. The van der Waals surface area contributed by atoms with E-state index >= 15 is 0 Å². The van der Waals surface area contributed by atoms with E-state index in [-0.39, 0.29) is 11.6 Å². The average Bonchev–Trinajstić information content (AvgIpc) is 2.50. The first-order chi connectivity index (χ1) is 10.2. The Morgan fingerprint density at radius 3 is 2.52 bits per heavy atom. The minimum absolute atomic E-state index is 0.134. The van der Waals surface area contributed by atoms with Crippen molar-refractivity contribution in [2.24, 2.45) is 0 Å². The Labute approximate surface area is 124 Å². The van der Waals surface area contributed by atoms with Crippen LogP contribution < -0.4 is 5.32 Å². The lowest BCUT2D eigenvalue weighted by molar-refractivity contribution is 0.446. The van der Waals surface area contributed by atoms with Crippen LogP contribution in [0.25, 0.3) is 0 Å². The number of pyridine rings is 1. The lowest BCUT2D eigenvalue weighted by Gasteiger charge is -2.20. The van der Waals surface area contributed by atoms with Crippen molar-refractivity contribution in [2.45, 2.75) is 32.2 Å². The van der Waals surface area contributed by atoms with E-state index in [2.05, 4.69) is 10.3 Å². The van der Waals surface area contributed by atoms with Crippen LogP contribution in [-0.2, 0) is 6.42 Å². The van der Waals surface area contributed by atoms with Crippen LogP contribution in [0.4, 0.5) is 8.78 Å². The first-order valence-electron chi connectivity index (χ1n) is 7.28. The fourth-order valence-corrected chi connectivity index (χ4v) is 2.37. The topological polar surface area (TPSA) is 24.9 Å². The van der Waals surface area contributed by atoms with Gasteiger partial charge in [-0.2, -0.15) is 0 Å². The molecule has 1 aromatic carbocycles. The van der Waals surface area contributed by atoms with Crippen LogP contribution in [0.2, 0.25) is 0 Å². The fraction of sp³-hybridized carbons (Fsp3) is 0.353. The molecule has 1 heterocycles. The van der Waals surface area contributed by atoms with Crippen molar-refractivity contribution in [3.8, 4) is 0 Å². The zero-order valence-corrected chi connectivity index (χ0v) is 12.2. The third kappa shape index (κ3) is 4.33. The molecule has 0 aliphatic heterocycles. The molecule has 2 aromatic rings. The van der Waals surface area contributed by atoms with E-state index in [1.165, 1.54) is 18.2 Å². The number of rotatable bonds is 7. The van der Waals surface area contributed by atoms with Crippen molar-refractivity contribution < 1.29 is 8.78 Å². The Bertz CT molecular complexity index is 538. The Morgan fingerprint density at radius 2 is 1.90 bits per heavy atom. The van der Waals surface area contributed by atoms with E-state index in [4.69, 9.17) is 0 Å². The van der Waals surface area contributed by atoms with Gasteiger partial charge in [0.2, 0.25) is 0 Å². The monoisotopic (exact) mass is 290 g/mol. The second-order valence-electron chi connectivity index (χ2n) is 5.04. The van der Waals surface area contributed by atoms with E-state index in [1.54, 1.807) is 12.4 Å². The number of hydrogen-bond donors (Lipinski definition) is 1. The Morgan fingerprint density at radius 1 is 1.14 bits per heavy atom. The highest BCUT2D eigenvalue weighted by atomic mass is 19.1. The summed E-state index contributed by atoms with van der Waals surface area (Å²) < 4.78 is 27.9. The van der Waals surface area contributed by atoms with Crippen LogP contribution in [0, 0.1) is 11.6 Å². The van der Waals surface area contributed by atoms with Crippen LogP contribution in [0.1, 0.15) is 36.9 Å². The molecule has 21 heavy (non-hydrogen) atoms. The normalized spacial score (nSPS) is 12.3. The molecule has 0 spiro atoms. The van der Waals surface area contributed by atoms with Crippen molar-refractivity contribution in [3.63, 3.8) is 0 Å². The van der Waals surface area contributed by atoms with Crippen LogP contribution >= 0.6 is 0 Å². The largest absolute Gasteiger partial charge is 0.310 e. The summed E-state index contributed by atoms with van der Waals surface area (Å²) in [4.78, 5) is 4.06. The molecular formula is C17H20F2N2. The summed E-state index contributed by atoms with van der Waals surface area (Å²) in [6, 6.07) is 7.53. The van der Waals surface area contributed by atoms with Crippen molar-refractivity contribution in [2.75, 3.05) is 6.54 Å². The summed E-state index contributed by atoms with van der Waals surface area (Å²) >= 11 is 0. The summed E-state index contributed by atoms with van der Waals surface area (Å²) in [5, 5.41) is 3.24. The zero-order chi connectivity index (χ0) is 15.1. The maximum Gasteiger partial charge on any atom is 0.130 e. The van der Waals surface area contributed by atoms with Crippen molar-refractivity contribution >= 4 is 0 Å². The van der Waals surface area contributed by atoms with Gasteiger partial charge in [-0.05, 0) is 49.6 Å². The molecule has 1 unspecified atom stereocenters. The van der Waals surface area contributed by atoms with Gasteiger partial charge in [0, 0.05) is 24.0 Å². The van der Waals surface area contributed by atoms with Crippen LogP contribution in [0.15, 0.2) is 42.7 Å².